The summed E-state index contributed by atoms with van der Waals surface area (Å²) in [4.78, 5) is 54.2. The van der Waals surface area contributed by atoms with Crippen molar-refractivity contribution >= 4 is 86.8 Å². The smallest absolute Gasteiger partial charge is 0.341 e. The van der Waals surface area contributed by atoms with Gasteiger partial charge in [-0.15, -0.1) is 23.1 Å². The summed E-state index contributed by atoms with van der Waals surface area (Å²) in [6, 6.07) is 28.3. The number of benzene rings is 4. The summed E-state index contributed by atoms with van der Waals surface area (Å²) < 4.78 is 5.36. The molecule has 0 fully saturated rings. The molecule has 3 N–H and O–H groups in total. The molecule has 1 heterocycles. The molecule has 12 heteroatoms. The Kier molecular flexibility index (Phi) is 13.3. The van der Waals surface area contributed by atoms with Crippen LogP contribution in [0.1, 0.15) is 52.1 Å². The van der Waals surface area contributed by atoms with E-state index in [1.54, 1.807) is 73.7 Å². The molecule has 0 aliphatic heterocycles. The number of rotatable bonds is 13. The molecule has 0 bridgehead atoms. The zero-order chi connectivity index (χ0) is 37.2. The van der Waals surface area contributed by atoms with Crippen molar-refractivity contribution in [3.63, 3.8) is 0 Å². The van der Waals surface area contributed by atoms with Crippen LogP contribution < -0.4 is 16.0 Å². The van der Waals surface area contributed by atoms with E-state index in [0.717, 1.165) is 11.1 Å². The van der Waals surface area contributed by atoms with Crippen molar-refractivity contribution in [2.45, 2.75) is 37.3 Å². The molecule has 0 radical (unpaired) electrons. The average molecular weight is 773 g/mol. The number of hydrogen-bond donors (Lipinski definition) is 3. The third kappa shape index (κ3) is 9.71. The fraction of sp³-hybridized carbons (Fsp3) is 0.150. The predicted molar refractivity (Wildman–Crippen MR) is 212 cm³/mol. The van der Waals surface area contributed by atoms with E-state index in [9.17, 15) is 19.2 Å². The highest BCUT2D eigenvalue weighted by molar-refractivity contribution is 8.00. The highest BCUT2D eigenvalue weighted by atomic mass is 35.5. The van der Waals surface area contributed by atoms with Gasteiger partial charge in [-0.1, -0.05) is 90.3 Å². The van der Waals surface area contributed by atoms with Gasteiger partial charge < -0.3 is 20.7 Å². The van der Waals surface area contributed by atoms with Crippen molar-refractivity contribution in [3.05, 3.63) is 140 Å². The van der Waals surface area contributed by atoms with Crippen molar-refractivity contribution in [2.75, 3.05) is 17.2 Å². The number of nitrogens with one attached hydrogen (secondary N) is 3. The zero-order valence-corrected chi connectivity index (χ0v) is 31.6. The van der Waals surface area contributed by atoms with Crippen molar-refractivity contribution in [1.29, 1.82) is 0 Å². The lowest BCUT2D eigenvalue weighted by atomic mass is 10.0. The molecule has 1 aromatic heterocycles. The molecule has 1 atom stereocenters. The van der Waals surface area contributed by atoms with Crippen LogP contribution in [0.3, 0.4) is 0 Å². The summed E-state index contributed by atoms with van der Waals surface area (Å²) in [6.07, 6.45) is 1.91. The van der Waals surface area contributed by atoms with Gasteiger partial charge in [-0.25, -0.2) is 4.79 Å². The number of thiophene rings is 1. The summed E-state index contributed by atoms with van der Waals surface area (Å²) >= 11 is 15.4. The van der Waals surface area contributed by atoms with Gasteiger partial charge in [0.25, 0.3) is 11.8 Å². The summed E-state index contributed by atoms with van der Waals surface area (Å²) in [6.45, 7) is 5.82. The van der Waals surface area contributed by atoms with Gasteiger partial charge in [-0.05, 0) is 74.4 Å². The molecule has 0 spiro atoms. The second kappa shape index (κ2) is 18.1. The lowest BCUT2D eigenvalue weighted by Crippen LogP contribution is -2.30. The minimum absolute atomic E-state index is 0.0777. The SMILES string of the molecule is CCOC(=O)c1c(-c2ccc(C)cc2)csc1NC(=O)C(CC)Sc1cccc(NC(=O)/C(=C\c2c(Cl)cccc2Cl)NC(=O)c2ccccc2)c1. The Morgan fingerprint density at radius 1 is 0.865 bits per heavy atom. The number of ether oxygens (including phenoxy) is 1. The van der Waals surface area contributed by atoms with Crippen LogP contribution in [-0.4, -0.2) is 35.5 Å². The van der Waals surface area contributed by atoms with Gasteiger partial charge in [0, 0.05) is 42.7 Å². The highest BCUT2D eigenvalue weighted by Crippen LogP contribution is 2.37. The lowest BCUT2D eigenvalue weighted by molar-refractivity contribution is -0.116. The molecular weight excluding hydrogens is 737 g/mol. The van der Waals surface area contributed by atoms with E-state index in [0.29, 0.717) is 54.3 Å². The van der Waals surface area contributed by atoms with Crippen molar-refractivity contribution in [2.24, 2.45) is 0 Å². The Balaban J connectivity index is 1.34. The Hall–Kier alpha value is -4.87. The van der Waals surface area contributed by atoms with Gasteiger partial charge in [0.2, 0.25) is 5.91 Å². The Labute approximate surface area is 320 Å². The highest BCUT2D eigenvalue weighted by Gasteiger charge is 2.26. The van der Waals surface area contributed by atoms with Crippen LogP contribution in [0.2, 0.25) is 10.0 Å². The standard InChI is InChI=1S/C40H35Cl2N3O5S2/c1-4-34(38(48)45-39-35(40(49)50-5-2)30(23-51-39)25-19-17-24(3)18-20-25)52-28-14-9-13-27(21-28)43-37(47)33(22-29-31(41)15-10-16-32(29)42)44-36(46)26-11-7-6-8-12-26/h6-23,34H,4-5H2,1-3H3,(H,43,47)(H,44,46)(H,45,48)/b33-22+. The Morgan fingerprint density at radius 3 is 2.23 bits per heavy atom. The third-order valence-electron chi connectivity index (χ3n) is 7.72. The van der Waals surface area contributed by atoms with Crippen molar-refractivity contribution in [3.8, 4) is 11.1 Å². The summed E-state index contributed by atoms with van der Waals surface area (Å²) in [5.74, 6) is -1.89. The van der Waals surface area contributed by atoms with Crippen molar-refractivity contribution in [1.82, 2.24) is 5.32 Å². The first kappa shape index (κ1) is 38.4. The quantitative estimate of drug-likeness (QED) is 0.0624. The summed E-state index contributed by atoms with van der Waals surface area (Å²) in [5.41, 5.74) is 4.02. The second-order valence-corrected chi connectivity index (χ2v) is 14.4. The van der Waals surface area contributed by atoms with Crippen molar-refractivity contribution < 1.29 is 23.9 Å². The van der Waals surface area contributed by atoms with E-state index >= 15 is 0 Å². The fourth-order valence-corrected chi connectivity index (χ4v) is 7.54. The first-order chi connectivity index (χ1) is 25.1. The number of halogens is 2. The van der Waals surface area contributed by atoms with E-state index in [2.05, 4.69) is 16.0 Å². The van der Waals surface area contributed by atoms with Gasteiger partial charge in [0.05, 0.1) is 11.9 Å². The molecule has 0 aliphatic carbocycles. The van der Waals surface area contributed by atoms with Gasteiger partial charge in [-0.2, -0.15) is 0 Å². The molecule has 0 aliphatic rings. The molecule has 0 saturated heterocycles. The van der Waals surface area contributed by atoms with Crippen LogP contribution in [0, 0.1) is 6.92 Å². The molecule has 4 aromatic carbocycles. The average Bonchev–Trinajstić information content (AvgIpc) is 3.55. The summed E-state index contributed by atoms with van der Waals surface area (Å²) in [5, 5.41) is 10.8. The van der Waals surface area contributed by atoms with E-state index < -0.39 is 23.0 Å². The maximum absolute atomic E-state index is 13.7. The maximum Gasteiger partial charge on any atom is 0.341 e. The first-order valence-electron chi connectivity index (χ1n) is 16.3. The van der Waals surface area contributed by atoms with Crippen LogP contribution in [0.15, 0.2) is 113 Å². The van der Waals surface area contributed by atoms with Gasteiger partial charge >= 0.3 is 5.97 Å². The fourth-order valence-electron chi connectivity index (χ4n) is 5.06. The predicted octanol–water partition coefficient (Wildman–Crippen LogP) is 10.1. The normalized spacial score (nSPS) is 11.8. The van der Waals surface area contributed by atoms with Gasteiger partial charge in [0.1, 0.15) is 16.3 Å². The number of anilines is 2. The van der Waals surface area contributed by atoms with E-state index in [1.165, 1.54) is 29.2 Å². The largest absolute Gasteiger partial charge is 0.462 e. The molecule has 5 aromatic rings. The van der Waals surface area contributed by atoms with Gasteiger partial charge in [0.15, 0.2) is 0 Å². The van der Waals surface area contributed by atoms with Crippen LogP contribution in [0.5, 0.6) is 0 Å². The number of amides is 3. The number of thioether (sulfide) groups is 1. The number of carbonyl (C=O) groups is 4. The minimum Gasteiger partial charge on any atom is -0.462 e. The Bertz CT molecular complexity index is 2100. The maximum atomic E-state index is 13.7. The molecule has 1 unspecified atom stereocenters. The molecule has 266 valence electrons. The topological polar surface area (TPSA) is 114 Å². The van der Waals surface area contributed by atoms with Gasteiger partial charge in [-0.3, -0.25) is 14.4 Å². The molecule has 0 saturated carbocycles. The zero-order valence-electron chi connectivity index (χ0n) is 28.5. The van der Waals surface area contributed by atoms with E-state index in [4.69, 9.17) is 27.9 Å². The lowest BCUT2D eigenvalue weighted by Gasteiger charge is -2.16. The number of aryl methyl sites for hydroxylation is 1. The number of carbonyl (C=O) groups excluding carboxylic acids is 4. The molecule has 52 heavy (non-hydrogen) atoms. The van der Waals surface area contributed by atoms with Crippen LogP contribution in [0.4, 0.5) is 10.7 Å². The molecule has 5 rings (SSSR count). The monoisotopic (exact) mass is 771 g/mol. The third-order valence-corrected chi connectivity index (χ3v) is 10.6. The number of hydrogen-bond acceptors (Lipinski definition) is 7. The number of esters is 1. The van der Waals surface area contributed by atoms with E-state index in [1.807, 2.05) is 49.6 Å². The van der Waals surface area contributed by atoms with Crippen LogP contribution in [0.25, 0.3) is 17.2 Å². The minimum atomic E-state index is -0.610. The Morgan fingerprint density at radius 2 is 1.56 bits per heavy atom. The van der Waals surface area contributed by atoms with Crippen LogP contribution >= 0.6 is 46.3 Å². The molecule has 8 nitrogen and oxygen atoms in total. The summed E-state index contributed by atoms with van der Waals surface area (Å²) in [7, 11) is 0. The first-order valence-corrected chi connectivity index (χ1v) is 18.9. The van der Waals surface area contributed by atoms with Crippen LogP contribution in [-0.2, 0) is 14.3 Å². The second-order valence-electron chi connectivity index (χ2n) is 11.4. The molecular formula is C40H35Cl2N3O5S2. The molecule has 3 amide bonds. The van der Waals surface area contributed by atoms with E-state index in [-0.39, 0.29) is 18.2 Å².